The van der Waals surface area contributed by atoms with Crippen molar-refractivity contribution >= 4 is 23.3 Å². The van der Waals surface area contributed by atoms with Crippen LogP contribution in [0.3, 0.4) is 0 Å². The zero-order chi connectivity index (χ0) is 12.4. The lowest BCUT2D eigenvalue weighted by molar-refractivity contribution is 0.102. The summed E-state index contributed by atoms with van der Waals surface area (Å²) in [6.45, 7) is 1.86. The summed E-state index contributed by atoms with van der Waals surface area (Å²) in [5.74, 6) is 0.402. The van der Waals surface area contributed by atoms with Crippen LogP contribution in [0.4, 0.5) is 5.82 Å². The molecule has 6 heteroatoms. The Bertz CT molecular complexity index is 547. The quantitative estimate of drug-likeness (QED) is 0.830. The van der Waals surface area contributed by atoms with Crippen LogP contribution in [0.15, 0.2) is 24.4 Å². The van der Waals surface area contributed by atoms with E-state index in [1.807, 2.05) is 6.92 Å². The van der Waals surface area contributed by atoms with E-state index in [-0.39, 0.29) is 5.91 Å². The molecule has 0 aliphatic rings. The third-order valence-electron chi connectivity index (χ3n) is 2.23. The molecule has 0 atom stereocenters. The van der Waals surface area contributed by atoms with Crippen molar-refractivity contribution in [1.29, 1.82) is 0 Å². The number of nitrogens with one attached hydrogen (secondary N) is 1. The van der Waals surface area contributed by atoms with Gasteiger partial charge in [0.05, 0.1) is 11.3 Å². The molecule has 5 nitrogen and oxygen atoms in total. The third kappa shape index (κ3) is 2.62. The van der Waals surface area contributed by atoms with Crippen molar-refractivity contribution in [2.24, 2.45) is 7.05 Å². The monoisotopic (exact) mass is 250 g/mol. The highest BCUT2D eigenvalue weighted by atomic mass is 35.5. The van der Waals surface area contributed by atoms with Gasteiger partial charge in [0, 0.05) is 19.3 Å². The summed E-state index contributed by atoms with van der Waals surface area (Å²) in [5.41, 5.74) is 1.30. The molecule has 0 aromatic carbocycles. The second kappa shape index (κ2) is 4.55. The maximum absolute atomic E-state index is 11.9. The van der Waals surface area contributed by atoms with Crippen LogP contribution in [-0.4, -0.2) is 20.7 Å². The number of amides is 1. The number of halogens is 1. The number of carbonyl (C=O) groups is 1. The molecule has 0 fully saturated rings. The van der Waals surface area contributed by atoms with E-state index >= 15 is 0 Å². The molecule has 2 aromatic heterocycles. The molecule has 17 heavy (non-hydrogen) atoms. The van der Waals surface area contributed by atoms with Crippen LogP contribution in [0.25, 0.3) is 0 Å². The predicted octanol–water partition coefficient (Wildman–Crippen LogP) is 2.03. The summed E-state index contributed by atoms with van der Waals surface area (Å²) in [7, 11) is 1.77. The van der Waals surface area contributed by atoms with Gasteiger partial charge in [0.2, 0.25) is 0 Å². The molecule has 1 N–H and O–H groups in total. The molecule has 0 aliphatic carbocycles. The van der Waals surface area contributed by atoms with E-state index in [0.29, 0.717) is 16.5 Å². The first-order chi connectivity index (χ1) is 8.06. The Morgan fingerprint density at radius 1 is 1.47 bits per heavy atom. The standard InChI is InChI=1S/C11H11ClN4O/c1-7-5-10(16(2)15-7)14-11(17)8-3-4-9(12)13-6-8/h3-6H,1-2H3,(H,14,17). The summed E-state index contributed by atoms with van der Waals surface area (Å²) in [4.78, 5) is 15.7. The van der Waals surface area contributed by atoms with E-state index in [1.54, 1.807) is 29.9 Å². The van der Waals surface area contributed by atoms with E-state index in [0.717, 1.165) is 5.69 Å². The van der Waals surface area contributed by atoms with Gasteiger partial charge in [-0.1, -0.05) is 11.6 Å². The van der Waals surface area contributed by atoms with Crippen molar-refractivity contribution in [3.8, 4) is 0 Å². The van der Waals surface area contributed by atoms with Crippen LogP contribution >= 0.6 is 11.6 Å². The molecular formula is C11H11ClN4O. The number of carbonyl (C=O) groups excluding carboxylic acids is 1. The highest BCUT2D eigenvalue weighted by Gasteiger charge is 2.09. The van der Waals surface area contributed by atoms with Crippen LogP contribution in [0.1, 0.15) is 16.1 Å². The highest BCUT2D eigenvalue weighted by Crippen LogP contribution is 2.11. The van der Waals surface area contributed by atoms with Crippen molar-refractivity contribution in [2.75, 3.05) is 5.32 Å². The average Bonchev–Trinajstić information content (AvgIpc) is 2.58. The Morgan fingerprint density at radius 3 is 2.76 bits per heavy atom. The van der Waals surface area contributed by atoms with Gasteiger partial charge in [0.1, 0.15) is 11.0 Å². The fourth-order valence-corrected chi connectivity index (χ4v) is 1.54. The molecule has 0 spiro atoms. The van der Waals surface area contributed by atoms with Gasteiger partial charge in [-0.15, -0.1) is 0 Å². The van der Waals surface area contributed by atoms with Crippen LogP contribution in [0.5, 0.6) is 0 Å². The lowest BCUT2D eigenvalue weighted by Crippen LogP contribution is -2.14. The largest absolute Gasteiger partial charge is 0.307 e. The smallest absolute Gasteiger partial charge is 0.258 e. The van der Waals surface area contributed by atoms with Crippen molar-refractivity contribution < 1.29 is 4.79 Å². The van der Waals surface area contributed by atoms with Gasteiger partial charge in [-0.3, -0.25) is 9.48 Å². The Kier molecular flexibility index (Phi) is 3.10. The van der Waals surface area contributed by atoms with Gasteiger partial charge in [-0.05, 0) is 19.1 Å². The van der Waals surface area contributed by atoms with Crippen LogP contribution in [-0.2, 0) is 7.05 Å². The summed E-state index contributed by atoms with van der Waals surface area (Å²) < 4.78 is 1.61. The molecular weight excluding hydrogens is 240 g/mol. The first-order valence-corrected chi connectivity index (χ1v) is 5.37. The summed E-state index contributed by atoms with van der Waals surface area (Å²) in [6, 6.07) is 4.99. The molecule has 0 bridgehead atoms. The van der Waals surface area contributed by atoms with E-state index in [1.165, 1.54) is 6.20 Å². The summed E-state index contributed by atoms with van der Waals surface area (Å²) in [5, 5.41) is 7.24. The van der Waals surface area contributed by atoms with Crippen molar-refractivity contribution in [3.63, 3.8) is 0 Å². The van der Waals surface area contributed by atoms with E-state index < -0.39 is 0 Å². The first-order valence-electron chi connectivity index (χ1n) is 5.00. The molecule has 1 amide bonds. The lowest BCUT2D eigenvalue weighted by atomic mass is 10.3. The number of pyridine rings is 1. The van der Waals surface area contributed by atoms with Gasteiger partial charge in [-0.25, -0.2) is 4.98 Å². The first kappa shape index (κ1) is 11.6. The Hall–Kier alpha value is -1.88. The molecule has 0 aliphatic heterocycles. The third-order valence-corrected chi connectivity index (χ3v) is 2.46. The maximum Gasteiger partial charge on any atom is 0.258 e. The molecule has 2 rings (SSSR count). The molecule has 2 heterocycles. The van der Waals surface area contributed by atoms with E-state index in [4.69, 9.17) is 11.6 Å². The van der Waals surface area contributed by atoms with Crippen molar-refractivity contribution in [3.05, 3.63) is 40.8 Å². The SMILES string of the molecule is Cc1cc(NC(=O)c2ccc(Cl)nc2)n(C)n1. The highest BCUT2D eigenvalue weighted by molar-refractivity contribution is 6.29. The van der Waals surface area contributed by atoms with Gasteiger partial charge >= 0.3 is 0 Å². The van der Waals surface area contributed by atoms with Crippen LogP contribution in [0, 0.1) is 6.92 Å². The number of aryl methyl sites for hydroxylation is 2. The number of anilines is 1. The topological polar surface area (TPSA) is 59.8 Å². The number of hydrogen-bond acceptors (Lipinski definition) is 3. The van der Waals surface area contributed by atoms with Gasteiger partial charge in [-0.2, -0.15) is 5.10 Å². The number of nitrogens with zero attached hydrogens (tertiary/aromatic N) is 3. The van der Waals surface area contributed by atoms with E-state index in [2.05, 4.69) is 15.4 Å². The number of rotatable bonds is 2. The van der Waals surface area contributed by atoms with Gasteiger partial charge in [0.25, 0.3) is 5.91 Å². The second-order valence-electron chi connectivity index (χ2n) is 3.62. The summed E-state index contributed by atoms with van der Waals surface area (Å²) >= 11 is 5.65. The molecule has 2 aromatic rings. The minimum Gasteiger partial charge on any atom is -0.307 e. The molecule has 0 saturated carbocycles. The minimum atomic E-state index is -0.239. The zero-order valence-corrected chi connectivity index (χ0v) is 10.2. The zero-order valence-electron chi connectivity index (χ0n) is 9.44. The average molecular weight is 251 g/mol. The fraction of sp³-hybridized carbons (Fsp3) is 0.182. The Balaban J connectivity index is 2.17. The van der Waals surface area contributed by atoms with Crippen LogP contribution < -0.4 is 5.32 Å². The number of aromatic nitrogens is 3. The fourth-order valence-electron chi connectivity index (χ4n) is 1.43. The normalized spacial score (nSPS) is 10.3. The predicted molar refractivity (Wildman–Crippen MR) is 65.1 cm³/mol. The Labute approximate surface area is 103 Å². The Morgan fingerprint density at radius 2 is 2.24 bits per heavy atom. The minimum absolute atomic E-state index is 0.239. The number of hydrogen-bond donors (Lipinski definition) is 1. The van der Waals surface area contributed by atoms with Gasteiger partial charge in [0.15, 0.2) is 0 Å². The van der Waals surface area contributed by atoms with Crippen molar-refractivity contribution in [1.82, 2.24) is 14.8 Å². The summed E-state index contributed by atoms with van der Waals surface area (Å²) in [6.07, 6.45) is 1.43. The second-order valence-corrected chi connectivity index (χ2v) is 4.01. The molecule has 88 valence electrons. The molecule has 0 saturated heterocycles. The van der Waals surface area contributed by atoms with E-state index in [9.17, 15) is 4.79 Å². The van der Waals surface area contributed by atoms with Crippen LogP contribution in [0.2, 0.25) is 5.15 Å². The molecule has 0 unspecified atom stereocenters. The molecule has 0 radical (unpaired) electrons. The van der Waals surface area contributed by atoms with Gasteiger partial charge < -0.3 is 5.32 Å². The van der Waals surface area contributed by atoms with Crippen molar-refractivity contribution in [2.45, 2.75) is 6.92 Å². The maximum atomic E-state index is 11.9. The lowest BCUT2D eigenvalue weighted by Gasteiger charge is -2.04.